The van der Waals surface area contributed by atoms with Crippen molar-refractivity contribution in [2.24, 2.45) is 0 Å². The maximum Gasteiger partial charge on any atom is 0.164 e. The highest BCUT2D eigenvalue weighted by molar-refractivity contribution is 6.23. The van der Waals surface area contributed by atoms with Gasteiger partial charge in [-0.05, 0) is 64.7 Å². The van der Waals surface area contributed by atoms with Gasteiger partial charge in [-0.3, -0.25) is 0 Å². The summed E-state index contributed by atoms with van der Waals surface area (Å²) in [5.41, 5.74) is 12.4. The molecule has 0 aliphatic rings. The van der Waals surface area contributed by atoms with Gasteiger partial charge in [0.25, 0.3) is 0 Å². The first-order valence-electron chi connectivity index (χ1n) is 18.8. The molecule has 0 aliphatic heterocycles. The van der Waals surface area contributed by atoms with Gasteiger partial charge >= 0.3 is 0 Å². The van der Waals surface area contributed by atoms with E-state index in [-0.39, 0.29) is 0 Å². The summed E-state index contributed by atoms with van der Waals surface area (Å²) in [5.74, 6) is 1.89. The van der Waals surface area contributed by atoms with Gasteiger partial charge in [-0.25, -0.2) is 15.0 Å². The lowest BCUT2D eigenvalue weighted by Crippen LogP contribution is -2.00. The van der Waals surface area contributed by atoms with Crippen molar-refractivity contribution in [3.63, 3.8) is 0 Å². The van der Waals surface area contributed by atoms with E-state index in [1.807, 2.05) is 48.5 Å². The topological polar surface area (TPSA) is 56.7 Å². The Labute approximate surface area is 322 Å². The van der Waals surface area contributed by atoms with E-state index in [9.17, 15) is 0 Å². The Morgan fingerprint density at radius 2 is 0.875 bits per heavy atom. The van der Waals surface area contributed by atoms with Crippen molar-refractivity contribution in [3.05, 3.63) is 194 Å². The fourth-order valence-electron chi connectivity index (χ4n) is 7.97. The third kappa shape index (κ3) is 5.37. The monoisotopic (exact) mass is 716 g/mol. The number of benzene rings is 8. The Morgan fingerprint density at radius 1 is 0.339 bits per heavy atom. The average Bonchev–Trinajstić information content (AvgIpc) is 3.83. The van der Waals surface area contributed by atoms with Crippen LogP contribution in [0.1, 0.15) is 0 Å². The summed E-state index contributed by atoms with van der Waals surface area (Å²) in [7, 11) is 0. The zero-order chi connectivity index (χ0) is 37.0. The molecular weight excluding hydrogens is 685 g/mol. The smallest absolute Gasteiger partial charge is 0.164 e. The van der Waals surface area contributed by atoms with Crippen molar-refractivity contribution < 1.29 is 4.42 Å². The highest BCUT2D eigenvalue weighted by Gasteiger charge is 2.19. The van der Waals surface area contributed by atoms with Crippen LogP contribution in [0.25, 0.3) is 106 Å². The SMILES string of the molecule is c1ccc(-c2ccc(-c3nc(-c4ccccc4)nc(-c4cccc(-c5cccc(-n6c7ccccc7c7c8oc9ccccc9c8ccc76)c5)c4)n3)cc2)cc1. The molecular formula is C51H32N4O. The lowest BCUT2D eigenvalue weighted by molar-refractivity contribution is 0.673. The van der Waals surface area contributed by atoms with Crippen LogP contribution < -0.4 is 0 Å². The van der Waals surface area contributed by atoms with E-state index >= 15 is 0 Å². The molecule has 5 heteroatoms. The number of rotatable bonds is 6. The summed E-state index contributed by atoms with van der Waals surface area (Å²) in [6, 6.07) is 67.4. The minimum Gasteiger partial charge on any atom is -0.455 e. The van der Waals surface area contributed by atoms with Crippen molar-refractivity contribution in [1.29, 1.82) is 0 Å². The minimum atomic E-state index is 0.622. The van der Waals surface area contributed by atoms with E-state index in [1.54, 1.807) is 0 Å². The number of aromatic nitrogens is 4. The second-order valence-corrected chi connectivity index (χ2v) is 14.0. The molecule has 0 amide bonds. The predicted molar refractivity (Wildman–Crippen MR) is 229 cm³/mol. The highest BCUT2D eigenvalue weighted by atomic mass is 16.3. The molecule has 0 saturated heterocycles. The van der Waals surface area contributed by atoms with Crippen molar-refractivity contribution in [2.75, 3.05) is 0 Å². The number of hydrogen-bond acceptors (Lipinski definition) is 4. The molecule has 56 heavy (non-hydrogen) atoms. The van der Waals surface area contributed by atoms with Crippen molar-refractivity contribution in [1.82, 2.24) is 19.5 Å². The molecule has 11 aromatic rings. The van der Waals surface area contributed by atoms with Gasteiger partial charge in [0, 0.05) is 38.5 Å². The molecule has 0 atom stereocenters. The second-order valence-electron chi connectivity index (χ2n) is 14.0. The molecule has 0 fully saturated rings. The first-order valence-corrected chi connectivity index (χ1v) is 18.8. The van der Waals surface area contributed by atoms with E-state index in [2.05, 4.69) is 150 Å². The van der Waals surface area contributed by atoms with Crippen molar-refractivity contribution >= 4 is 43.7 Å². The zero-order valence-corrected chi connectivity index (χ0v) is 30.2. The summed E-state index contributed by atoms with van der Waals surface area (Å²) in [6.07, 6.45) is 0. The Kier molecular flexibility index (Phi) is 7.42. The quantitative estimate of drug-likeness (QED) is 0.172. The van der Waals surface area contributed by atoms with Crippen LogP contribution in [0.3, 0.4) is 0 Å². The van der Waals surface area contributed by atoms with Gasteiger partial charge in [0.2, 0.25) is 0 Å². The number of nitrogens with zero attached hydrogens (tertiary/aromatic N) is 4. The van der Waals surface area contributed by atoms with Crippen LogP contribution in [0.5, 0.6) is 0 Å². The van der Waals surface area contributed by atoms with E-state index in [4.69, 9.17) is 19.4 Å². The van der Waals surface area contributed by atoms with Crippen molar-refractivity contribution in [2.45, 2.75) is 0 Å². The molecule has 11 rings (SSSR count). The Morgan fingerprint density at radius 3 is 1.64 bits per heavy atom. The summed E-state index contributed by atoms with van der Waals surface area (Å²) >= 11 is 0. The van der Waals surface area contributed by atoms with Gasteiger partial charge in [-0.15, -0.1) is 0 Å². The molecule has 262 valence electrons. The van der Waals surface area contributed by atoms with Crippen LogP contribution in [-0.4, -0.2) is 19.5 Å². The first kappa shape index (κ1) is 31.9. The normalized spacial score (nSPS) is 11.6. The van der Waals surface area contributed by atoms with Gasteiger partial charge < -0.3 is 8.98 Å². The third-order valence-corrected chi connectivity index (χ3v) is 10.7. The summed E-state index contributed by atoms with van der Waals surface area (Å²) in [6.45, 7) is 0. The molecule has 8 aromatic carbocycles. The number of hydrogen-bond donors (Lipinski definition) is 0. The molecule has 0 aliphatic carbocycles. The van der Waals surface area contributed by atoms with Crippen LogP contribution >= 0.6 is 0 Å². The second kappa shape index (κ2) is 13.0. The largest absolute Gasteiger partial charge is 0.455 e. The summed E-state index contributed by atoms with van der Waals surface area (Å²) in [5, 5.41) is 4.54. The first-order chi connectivity index (χ1) is 27.7. The average molecular weight is 717 g/mol. The Bertz CT molecular complexity index is 3240. The lowest BCUT2D eigenvalue weighted by Gasteiger charge is -2.12. The molecule has 0 N–H and O–H groups in total. The van der Waals surface area contributed by atoms with Gasteiger partial charge in [0.15, 0.2) is 17.5 Å². The lowest BCUT2D eigenvalue weighted by atomic mass is 10.0. The molecule has 3 aromatic heterocycles. The van der Waals surface area contributed by atoms with E-state index in [0.29, 0.717) is 17.5 Å². The number of furan rings is 1. The van der Waals surface area contributed by atoms with Gasteiger partial charge in [0.1, 0.15) is 11.2 Å². The zero-order valence-electron chi connectivity index (χ0n) is 30.2. The van der Waals surface area contributed by atoms with Crippen LogP contribution in [0.2, 0.25) is 0 Å². The molecule has 0 spiro atoms. The molecule has 0 saturated carbocycles. The number of para-hydroxylation sites is 2. The van der Waals surface area contributed by atoms with E-state index in [0.717, 1.165) is 82.8 Å². The maximum atomic E-state index is 6.54. The fourth-order valence-corrected chi connectivity index (χ4v) is 7.97. The maximum absolute atomic E-state index is 6.54. The molecule has 0 radical (unpaired) electrons. The van der Waals surface area contributed by atoms with Crippen LogP contribution in [0.15, 0.2) is 199 Å². The van der Waals surface area contributed by atoms with E-state index in [1.165, 1.54) is 5.56 Å². The molecule has 0 unspecified atom stereocenters. The van der Waals surface area contributed by atoms with Crippen LogP contribution in [0.4, 0.5) is 0 Å². The summed E-state index contributed by atoms with van der Waals surface area (Å²) in [4.78, 5) is 15.1. The third-order valence-electron chi connectivity index (χ3n) is 10.7. The molecule has 5 nitrogen and oxygen atoms in total. The Hall–Kier alpha value is -7.63. The Balaban J connectivity index is 1.02. The van der Waals surface area contributed by atoms with Crippen LogP contribution in [0, 0.1) is 0 Å². The fraction of sp³-hybridized carbons (Fsp3) is 0. The summed E-state index contributed by atoms with van der Waals surface area (Å²) < 4.78 is 8.88. The predicted octanol–water partition coefficient (Wildman–Crippen LogP) is 13.2. The standard InChI is InChI=1S/C51H32N4O/c1-3-13-33(14-4-1)34-25-27-36(28-26-34)50-52-49(35-15-5-2-6-16-35)53-51(54-50)39-19-11-17-37(31-39)38-18-12-20-40(32-38)55-44-23-9-7-22-43(44)47-45(55)30-29-42-41-21-8-10-24-46(41)56-48(42)47/h1-32H. The van der Waals surface area contributed by atoms with Gasteiger partial charge in [0.05, 0.1) is 16.4 Å². The van der Waals surface area contributed by atoms with Crippen molar-refractivity contribution in [3.8, 4) is 62.1 Å². The molecule has 3 heterocycles. The molecule has 0 bridgehead atoms. The van der Waals surface area contributed by atoms with Gasteiger partial charge in [-0.1, -0.05) is 152 Å². The van der Waals surface area contributed by atoms with Gasteiger partial charge in [-0.2, -0.15) is 0 Å². The van der Waals surface area contributed by atoms with Crippen LogP contribution in [-0.2, 0) is 0 Å². The number of fused-ring (bicyclic) bond motifs is 7. The van der Waals surface area contributed by atoms with E-state index < -0.39 is 0 Å². The minimum absolute atomic E-state index is 0.622. The highest BCUT2D eigenvalue weighted by Crippen LogP contribution is 2.41.